The highest BCUT2D eigenvalue weighted by molar-refractivity contribution is 6.04. The van der Waals surface area contributed by atoms with Crippen molar-refractivity contribution in [1.29, 1.82) is 0 Å². The van der Waals surface area contributed by atoms with Gasteiger partial charge in [-0.05, 0) is 107 Å². The number of ether oxygens (including phenoxy) is 5. The van der Waals surface area contributed by atoms with Crippen LogP contribution in [0.15, 0.2) is 0 Å². The van der Waals surface area contributed by atoms with Crippen molar-refractivity contribution in [3.8, 4) is 0 Å². The molecule has 4 fully saturated rings. The Hall–Kier alpha value is -1.22. The Kier molecular flexibility index (Phi) is 13.4. The molecule has 12 nitrogen and oxygen atoms in total. The SMILES string of the molecule is CO[C@]1(C)C[C@@H](C)CN(C)[C@H](C2CCN(C3(CN(C)C)CO3)CC2)CCOC(=O)C(C)(C)C(=O)[C@H](C)[C@H]1O[C@@H]1O[C@H](C)C[C@H](N(C)C)[C@H]1O. The summed E-state index contributed by atoms with van der Waals surface area (Å²) in [5.74, 6) is -0.955. The molecule has 0 aliphatic carbocycles. The van der Waals surface area contributed by atoms with E-state index in [0.717, 1.165) is 45.6 Å². The predicted molar refractivity (Wildman–Crippen MR) is 188 cm³/mol. The number of piperidine rings is 1. The molecule has 0 aromatic carbocycles. The highest BCUT2D eigenvalue weighted by Gasteiger charge is 2.53. The van der Waals surface area contributed by atoms with Gasteiger partial charge in [-0.25, -0.2) is 0 Å². The van der Waals surface area contributed by atoms with Gasteiger partial charge in [0.2, 0.25) is 0 Å². The lowest BCUT2D eigenvalue weighted by atomic mass is 9.74. The second kappa shape index (κ2) is 16.2. The van der Waals surface area contributed by atoms with Gasteiger partial charge in [0, 0.05) is 51.3 Å². The number of epoxide rings is 1. The summed E-state index contributed by atoms with van der Waals surface area (Å²) in [6.45, 7) is 15.9. The van der Waals surface area contributed by atoms with Gasteiger partial charge in [-0.15, -0.1) is 0 Å². The zero-order valence-corrected chi connectivity index (χ0v) is 32.6. The minimum absolute atomic E-state index is 0.155. The maximum Gasteiger partial charge on any atom is 0.319 e. The Morgan fingerprint density at radius 3 is 2.20 bits per heavy atom. The Labute approximate surface area is 296 Å². The van der Waals surface area contributed by atoms with Crippen LogP contribution >= 0.6 is 0 Å². The van der Waals surface area contributed by atoms with Crippen molar-refractivity contribution < 1.29 is 38.4 Å². The van der Waals surface area contributed by atoms with Crippen molar-refractivity contribution in [3.05, 3.63) is 0 Å². The number of methoxy groups -OCH3 is 1. The van der Waals surface area contributed by atoms with Gasteiger partial charge in [0.25, 0.3) is 0 Å². The van der Waals surface area contributed by atoms with Crippen molar-refractivity contribution in [2.45, 2.75) is 122 Å². The number of cyclic esters (lactones) is 1. The third-order valence-electron chi connectivity index (χ3n) is 11.9. The summed E-state index contributed by atoms with van der Waals surface area (Å²) in [4.78, 5) is 37.0. The molecule has 0 bridgehead atoms. The largest absolute Gasteiger partial charge is 0.465 e. The molecule has 0 amide bonds. The number of esters is 1. The van der Waals surface area contributed by atoms with Gasteiger partial charge in [0.1, 0.15) is 11.5 Å². The van der Waals surface area contributed by atoms with E-state index in [2.05, 4.69) is 42.8 Å². The number of aliphatic hydroxyl groups excluding tert-OH is 1. The van der Waals surface area contributed by atoms with Crippen LogP contribution in [0, 0.1) is 23.2 Å². The highest BCUT2D eigenvalue weighted by atomic mass is 16.7. The van der Waals surface area contributed by atoms with Crippen molar-refractivity contribution in [1.82, 2.24) is 19.6 Å². The monoisotopic (exact) mass is 697 g/mol. The number of Topliss-reactive ketones (excluding diaryl/α,β-unsaturated/α-hetero) is 1. The van der Waals surface area contributed by atoms with Crippen molar-refractivity contribution >= 4 is 11.8 Å². The fraction of sp³-hybridized carbons (Fsp3) is 0.946. The molecule has 0 saturated carbocycles. The molecule has 4 rings (SSSR count). The number of nitrogens with zero attached hydrogens (tertiary/aromatic N) is 4. The Morgan fingerprint density at radius 1 is 1.02 bits per heavy atom. The van der Waals surface area contributed by atoms with Gasteiger partial charge in [0.05, 0.1) is 31.0 Å². The first-order valence-corrected chi connectivity index (χ1v) is 18.5. The average molecular weight is 697 g/mol. The molecule has 0 aromatic rings. The van der Waals surface area contributed by atoms with Crippen LogP contribution in [-0.4, -0.2) is 166 Å². The van der Waals surface area contributed by atoms with Crippen LogP contribution in [0.5, 0.6) is 0 Å². The molecule has 284 valence electrons. The normalized spacial score (nSPS) is 41.1. The number of carbonyl (C=O) groups is 2. The zero-order valence-electron chi connectivity index (χ0n) is 32.6. The molecule has 0 spiro atoms. The lowest BCUT2D eigenvalue weighted by Gasteiger charge is -2.47. The van der Waals surface area contributed by atoms with Crippen molar-refractivity contribution in [2.24, 2.45) is 23.2 Å². The summed E-state index contributed by atoms with van der Waals surface area (Å²) in [6.07, 6.45) is 1.18. The van der Waals surface area contributed by atoms with Crippen molar-refractivity contribution in [3.63, 3.8) is 0 Å². The molecule has 12 heteroatoms. The standard InChI is InChI=1S/C37H68N4O8/c1-24-20-36(6,45-12)32(49-33-30(42)29(39(9)10)19-25(2)48-33)26(3)31(43)35(4,5)34(44)46-18-15-28(40(11)21-24)27-13-16-41(17-14-27)37(23-47-37)22-38(7)8/h24-30,32-33,42H,13-23H2,1-12H3/t24-,25-,26+,28+,29+,30-,32-,33+,36-,37?/m1/s1. The highest BCUT2D eigenvalue weighted by Crippen LogP contribution is 2.40. The van der Waals surface area contributed by atoms with Gasteiger partial charge in [-0.3, -0.25) is 14.5 Å². The summed E-state index contributed by atoms with van der Waals surface area (Å²) in [5, 5.41) is 11.4. The van der Waals surface area contributed by atoms with Crippen LogP contribution in [0.1, 0.15) is 73.6 Å². The van der Waals surface area contributed by atoms with E-state index < -0.39 is 41.4 Å². The van der Waals surface area contributed by atoms with E-state index in [1.807, 2.05) is 32.8 Å². The number of aliphatic hydroxyl groups is 1. The Bertz CT molecular complexity index is 1110. The third kappa shape index (κ3) is 9.24. The lowest BCUT2D eigenvalue weighted by molar-refractivity contribution is -0.295. The van der Waals surface area contributed by atoms with Crippen LogP contribution in [0.4, 0.5) is 0 Å². The second-order valence-electron chi connectivity index (χ2n) is 17.0. The lowest BCUT2D eigenvalue weighted by Crippen LogP contribution is -2.59. The van der Waals surface area contributed by atoms with E-state index in [1.54, 1.807) is 27.9 Å². The zero-order chi connectivity index (χ0) is 36.5. The van der Waals surface area contributed by atoms with Crippen LogP contribution in [0.2, 0.25) is 0 Å². The number of hydrogen-bond acceptors (Lipinski definition) is 12. The van der Waals surface area contributed by atoms with E-state index in [1.165, 1.54) is 0 Å². The van der Waals surface area contributed by atoms with Crippen LogP contribution in [0.25, 0.3) is 0 Å². The molecule has 4 saturated heterocycles. The molecular weight excluding hydrogens is 628 g/mol. The predicted octanol–water partition coefficient (Wildman–Crippen LogP) is 2.71. The fourth-order valence-corrected chi connectivity index (χ4v) is 9.01. The van der Waals surface area contributed by atoms with Crippen molar-refractivity contribution in [2.75, 3.05) is 81.7 Å². The average Bonchev–Trinajstić information content (AvgIpc) is 3.81. The number of carbonyl (C=O) groups excluding carboxylic acids is 2. The van der Waals surface area contributed by atoms with E-state index in [4.69, 9.17) is 23.7 Å². The molecule has 4 aliphatic heterocycles. The van der Waals surface area contributed by atoms with Gasteiger partial charge >= 0.3 is 5.97 Å². The van der Waals surface area contributed by atoms with Gasteiger partial charge in [-0.2, -0.15) is 0 Å². The summed E-state index contributed by atoms with van der Waals surface area (Å²) >= 11 is 0. The molecule has 0 aromatic heterocycles. The number of likely N-dealkylation sites (tertiary alicyclic amines) is 1. The van der Waals surface area contributed by atoms with E-state index in [9.17, 15) is 14.7 Å². The second-order valence-corrected chi connectivity index (χ2v) is 17.0. The van der Waals surface area contributed by atoms with E-state index >= 15 is 0 Å². The van der Waals surface area contributed by atoms with Crippen LogP contribution < -0.4 is 0 Å². The maximum absolute atomic E-state index is 14.3. The van der Waals surface area contributed by atoms with Crippen LogP contribution in [-0.2, 0) is 33.3 Å². The van der Waals surface area contributed by atoms with E-state index in [-0.39, 0.29) is 42.2 Å². The summed E-state index contributed by atoms with van der Waals surface area (Å²) in [6, 6.07) is 0.0317. The number of hydrogen-bond donors (Lipinski definition) is 1. The molecule has 1 unspecified atom stereocenters. The number of rotatable bonds is 8. The Balaban J connectivity index is 1.59. The number of ketones is 1. The molecule has 10 atom stereocenters. The first kappa shape index (κ1) is 40.5. The van der Waals surface area contributed by atoms with Gasteiger partial charge < -0.3 is 43.5 Å². The van der Waals surface area contributed by atoms with Crippen LogP contribution in [0.3, 0.4) is 0 Å². The third-order valence-corrected chi connectivity index (χ3v) is 11.9. The number of likely N-dealkylation sites (N-methyl/N-ethyl adjacent to an activating group) is 2. The maximum atomic E-state index is 14.3. The molecule has 1 N–H and O–H groups in total. The van der Waals surface area contributed by atoms with E-state index in [0.29, 0.717) is 25.2 Å². The summed E-state index contributed by atoms with van der Waals surface area (Å²) in [7, 11) is 11.9. The minimum Gasteiger partial charge on any atom is -0.465 e. The molecule has 0 radical (unpaired) electrons. The topological polar surface area (TPSA) is 117 Å². The Morgan fingerprint density at radius 2 is 1.65 bits per heavy atom. The molecule has 49 heavy (non-hydrogen) atoms. The molecule has 4 aliphatic rings. The quantitative estimate of drug-likeness (QED) is 0.229. The molecular formula is C37H68N4O8. The fourth-order valence-electron chi connectivity index (χ4n) is 9.01. The summed E-state index contributed by atoms with van der Waals surface area (Å²) < 4.78 is 31.1. The first-order chi connectivity index (χ1) is 22.8. The van der Waals surface area contributed by atoms with Gasteiger partial charge in [-0.1, -0.05) is 13.8 Å². The molecule has 4 heterocycles. The summed E-state index contributed by atoms with van der Waals surface area (Å²) in [5.41, 5.74) is -2.49. The minimum atomic E-state index is -1.41. The first-order valence-electron chi connectivity index (χ1n) is 18.5. The smallest absolute Gasteiger partial charge is 0.319 e. The van der Waals surface area contributed by atoms with Gasteiger partial charge in [0.15, 0.2) is 17.8 Å².